The Morgan fingerprint density at radius 3 is 2.37 bits per heavy atom. The number of primary sulfonamides is 1. The first-order valence-corrected chi connectivity index (χ1v) is 12.1. The fourth-order valence-corrected chi connectivity index (χ4v) is 4.44. The van der Waals surface area contributed by atoms with Crippen LogP contribution in [0.3, 0.4) is 0 Å². The summed E-state index contributed by atoms with van der Waals surface area (Å²) >= 11 is 0. The fourth-order valence-electron chi connectivity index (χ4n) is 3.70. The summed E-state index contributed by atoms with van der Waals surface area (Å²) in [5, 5.41) is 15.9. The Morgan fingerprint density at radius 2 is 1.69 bits per heavy atom. The van der Waals surface area contributed by atoms with Gasteiger partial charge in [-0.3, -0.25) is 15.2 Å². The zero-order chi connectivity index (χ0) is 25.2. The molecular formula is C26H23N5O3S. The minimum Gasteiger partial charge on any atom is -0.384 e. The highest BCUT2D eigenvalue weighted by molar-refractivity contribution is 7.89. The molecular weight excluding hydrogens is 462 g/mol. The minimum absolute atomic E-state index is 0.0349. The second-order valence-electron chi connectivity index (χ2n) is 7.97. The lowest BCUT2D eigenvalue weighted by molar-refractivity contribution is 0.102. The molecule has 35 heavy (non-hydrogen) atoms. The van der Waals surface area contributed by atoms with Gasteiger partial charge >= 0.3 is 0 Å². The molecule has 0 unspecified atom stereocenters. The molecule has 4 aromatic rings. The number of hydrogen-bond donors (Lipinski definition) is 4. The van der Waals surface area contributed by atoms with E-state index in [-0.39, 0.29) is 16.6 Å². The van der Waals surface area contributed by atoms with Crippen molar-refractivity contribution in [1.29, 1.82) is 5.41 Å². The summed E-state index contributed by atoms with van der Waals surface area (Å²) in [6.07, 6.45) is 1.59. The number of hydrogen-bond acceptors (Lipinski definition) is 5. The number of carbonyl (C=O) groups is 1. The van der Waals surface area contributed by atoms with Gasteiger partial charge in [-0.25, -0.2) is 13.6 Å². The molecule has 0 saturated carbocycles. The third kappa shape index (κ3) is 5.26. The van der Waals surface area contributed by atoms with Gasteiger partial charge in [-0.1, -0.05) is 48.0 Å². The predicted molar refractivity (Wildman–Crippen MR) is 137 cm³/mol. The zero-order valence-electron chi connectivity index (χ0n) is 18.8. The molecule has 0 aliphatic carbocycles. The van der Waals surface area contributed by atoms with Gasteiger partial charge in [-0.05, 0) is 48.9 Å². The first kappa shape index (κ1) is 23.8. The second-order valence-corrected chi connectivity index (χ2v) is 9.50. The molecule has 4 rings (SSSR count). The Kier molecular flexibility index (Phi) is 6.46. The number of carbonyl (C=O) groups excluding carboxylic acids is 1. The number of anilines is 1. The van der Waals surface area contributed by atoms with Crippen molar-refractivity contribution in [3.05, 3.63) is 102 Å². The smallest absolute Gasteiger partial charge is 0.257 e. The Balaban J connectivity index is 1.63. The van der Waals surface area contributed by atoms with Crippen LogP contribution >= 0.6 is 0 Å². The number of amidine groups is 1. The maximum Gasteiger partial charge on any atom is 0.257 e. The van der Waals surface area contributed by atoms with Crippen LogP contribution in [0.15, 0.2) is 90.0 Å². The topological polar surface area (TPSA) is 152 Å². The summed E-state index contributed by atoms with van der Waals surface area (Å²) in [5.41, 5.74) is 10.2. The van der Waals surface area contributed by atoms with Gasteiger partial charge in [0, 0.05) is 28.6 Å². The summed E-state index contributed by atoms with van der Waals surface area (Å²) < 4.78 is 24.0. The Labute approximate surface area is 203 Å². The van der Waals surface area contributed by atoms with Gasteiger partial charge in [-0.15, -0.1) is 0 Å². The number of amides is 1. The molecule has 0 atom stereocenters. The molecule has 0 fully saturated rings. The third-order valence-corrected chi connectivity index (χ3v) is 6.36. The highest BCUT2D eigenvalue weighted by Crippen LogP contribution is 2.29. The van der Waals surface area contributed by atoms with Crippen LogP contribution in [0, 0.1) is 12.3 Å². The number of nitrogens with one attached hydrogen (secondary N) is 2. The molecule has 9 heteroatoms. The first-order valence-electron chi connectivity index (χ1n) is 10.6. The van der Waals surface area contributed by atoms with E-state index in [9.17, 15) is 13.2 Å². The molecule has 1 heterocycles. The Hall–Kier alpha value is -4.34. The van der Waals surface area contributed by atoms with Crippen molar-refractivity contribution in [2.24, 2.45) is 10.9 Å². The van der Waals surface area contributed by atoms with E-state index < -0.39 is 10.0 Å². The molecule has 176 valence electrons. The van der Waals surface area contributed by atoms with E-state index in [1.54, 1.807) is 79.0 Å². The molecule has 0 spiro atoms. The van der Waals surface area contributed by atoms with Crippen LogP contribution in [-0.2, 0) is 10.0 Å². The molecule has 1 amide bonds. The lowest BCUT2D eigenvalue weighted by atomic mass is 10.0. The van der Waals surface area contributed by atoms with E-state index in [2.05, 4.69) is 10.3 Å². The maximum absolute atomic E-state index is 13.1. The number of nitrogens with zero attached hydrogens (tertiary/aromatic N) is 1. The van der Waals surface area contributed by atoms with E-state index in [0.717, 1.165) is 5.56 Å². The third-order valence-electron chi connectivity index (χ3n) is 5.39. The van der Waals surface area contributed by atoms with Crippen LogP contribution in [0.1, 0.15) is 21.5 Å². The van der Waals surface area contributed by atoms with Gasteiger partial charge < -0.3 is 11.1 Å². The van der Waals surface area contributed by atoms with Gasteiger partial charge in [0.25, 0.3) is 5.91 Å². The van der Waals surface area contributed by atoms with E-state index in [0.29, 0.717) is 39.2 Å². The van der Waals surface area contributed by atoms with Crippen LogP contribution in [0.25, 0.3) is 22.4 Å². The highest BCUT2D eigenvalue weighted by Gasteiger charge is 2.17. The average molecular weight is 486 g/mol. The van der Waals surface area contributed by atoms with Crippen LogP contribution < -0.4 is 16.2 Å². The predicted octanol–water partition coefficient (Wildman–Crippen LogP) is 3.91. The van der Waals surface area contributed by atoms with Gasteiger partial charge in [0.05, 0.1) is 16.2 Å². The van der Waals surface area contributed by atoms with Crippen molar-refractivity contribution in [1.82, 2.24) is 4.98 Å². The van der Waals surface area contributed by atoms with Gasteiger partial charge in [0.2, 0.25) is 10.0 Å². The Bertz CT molecular complexity index is 1550. The van der Waals surface area contributed by atoms with Crippen LogP contribution in [0.5, 0.6) is 0 Å². The number of nitrogen functional groups attached to an aromatic ring is 1. The van der Waals surface area contributed by atoms with Crippen molar-refractivity contribution in [3.63, 3.8) is 0 Å². The summed E-state index contributed by atoms with van der Waals surface area (Å²) in [4.78, 5) is 17.5. The van der Waals surface area contributed by atoms with Crippen molar-refractivity contribution < 1.29 is 13.2 Å². The van der Waals surface area contributed by atoms with E-state index >= 15 is 0 Å². The summed E-state index contributed by atoms with van der Waals surface area (Å²) in [6.45, 7) is 1.86. The SMILES string of the molecule is Cc1ccc(S(N)(=O)=O)c(-c2ccc(NC(=O)c3cccnc3-c3cccc(C(=N)N)c3)cc2)c1. The molecule has 6 N–H and O–H groups in total. The summed E-state index contributed by atoms with van der Waals surface area (Å²) in [7, 11) is -3.90. The molecule has 0 aliphatic heterocycles. The monoisotopic (exact) mass is 485 g/mol. The minimum atomic E-state index is -3.90. The van der Waals surface area contributed by atoms with E-state index in [1.807, 2.05) is 6.92 Å². The van der Waals surface area contributed by atoms with Crippen molar-refractivity contribution >= 4 is 27.5 Å². The molecule has 0 bridgehead atoms. The number of aromatic nitrogens is 1. The van der Waals surface area contributed by atoms with Gasteiger partial charge in [0.1, 0.15) is 5.84 Å². The molecule has 1 aromatic heterocycles. The van der Waals surface area contributed by atoms with Gasteiger partial charge in [0.15, 0.2) is 0 Å². The molecule has 3 aromatic carbocycles. The Morgan fingerprint density at radius 1 is 0.943 bits per heavy atom. The van der Waals surface area contributed by atoms with E-state index in [4.69, 9.17) is 16.3 Å². The summed E-state index contributed by atoms with van der Waals surface area (Å²) in [6, 6.07) is 22.1. The standard InChI is InChI=1S/C26H23N5O3S/c1-16-7-12-23(35(29,33)34)22(14-16)17-8-10-20(11-9-17)31-26(32)21-6-3-13-30-24(21)18-4-2-5-19(15-18)25(27)28/h2-15H,1H3,(H3,27,28)(H,31,32)(H2,29,33,34). The largest absolute Gasteiger partial charge is 0.384 e. The van der Waals surface area contributed by atoms with Crippen LogP contribution in [0.4, 0.5) is 5.69 Å². The molecule has 0 saturated heterocycles. The number of sulfonamides is 1. The van der Waals surface area contributed by atoms with Crippen molar-refractivity contribution in [3.8, 4) is 22.4 Å². The lowest BCUT2D eigenvalue weighted by Crippen LogP contribution is -2.14. The number of nitrogens with two attached hydrogens (primary N) is 2. The number of aryl methyl sites for hydroxylation is 1. The highest BCUT2D eigenvalue weighted by atomic mass is 32.2. The zero-order valence-corrected chi connectivity index (χ0v) is 19.6. The average Bonchev–Trinajstić information content (AvgIpc) is 2.83. The maximum atomic E-state index is 13.1. The van der Waals surface area contributed by atoms with Crippen LogP contribution in [0.2, 0.25) is 0 Å². The number of rotatable bonds is 6. The fraction of sp³-hybridized carbons (Fsp3) is 0.0385. The number of pyridine rings is 1. The quantitative estimate of drug-likeness (QED) is 0.241. The van der Waals surface area contributed by atoms with Gasteiger partial charge in [-0.2, -0.15) is 0 Å². The lowest BCUT2D eigenvalue weighted by Gasteiger charge is -2.12. The van der Waals surface area contributed by atoms with E-state index in [1.165, 1.54) is 6.07 Å². The molecule has 0 radical (unpaired) electrons. The van der Waals surface area contributed by atoms with Crippen LogP contribution in [-0.4, -0.2) is 25.1 Å². The van der Waals surface area contributed by atoms with Crippen molar-refractivity contribution in [2.45, 2.75) is 11.8 Å². The summed E-state index contributed by atoms with van der Waals surface area (Å²) in [5.74, 6) is -0.442. The normalized spacial score (nSPS) is 11.1. The second kappa shape index (κ2) is 9.49. The van der Waals surface area contributed by atoms with Crippen molar-refractivity contribution in [2.75, 3.05) is 5.32 Å². The first-order chi connectivity index (χ1) is 16.6. The molecule has 8 nitrogen and oxygen atoms in total. The number of benzene rings is 3. The molecule has 0 aliphatic rings.